The summed E-state index contributed by atoms with van der Waals surface area (Å²) in [7, 11) is 0. The minimum Gasteiger partial charge on any atom is -0.298 e. The molecule has 0 aliphatic heterocycles. The van der Waals surface area contributed by atoms with Gasteiger partial charge in [-0.2, -0.15) is 0 Å². The molecule has 2 aromatic carbocycles. The van der Waals surface area contributed by atoms with Crippen molar-refractivity contribution in [3.05, 3.63) is 47.0 Å². The van der Waals surface area contributed by atoms with Crippen LogP contribution >= 0.6 is 0 Å². The van der Waals surface area contributed by atoms with Gasteiger partial charge in [-0.15, -0.1) is 0 Å². The van der Waals surface area contributed by atoms with Crippen LogP contribution in [0.15, 0.2) is 30.3 Å². The van der Waals surface area contributed by atoms with E-state index in [4.69, 9.17) is 0 Å². The zero-order chi connectivity index (χ0) is 10.1. The second-order valence-corrected chi connectivity index (χ2v) is 3.57. The number of carbonyl (C=O) groups excluding carboxylic acids is 1. The number of hydrogen-bond acceptors (Lipinski definition) is 1. The van der Waals surface area contributed by atoms with Crippen LogP contribution < -0.4 is 0 Å². The second-order valence-electron chi connectivity index (χ2n) is 3.57. The molecule has 0 aliphatic carbocycles. The van der Waals surface area contributed by atoms with E-state index in [0.29, 0.717) is 0 Å². The van der Waals surface area contributed by atoms with Crippen molar-refractivity contribution >= 4 is 17.1 Å². The number of hydrogen-bond donors (Lipinski definition) is 0. The Hall–Kier alpha value is -1.63. The third-order valence-electron chi connectivity index (χ3n) is 2.68. The molecule has 0 N–H and O–H groups in total. The molecular weight excluding hydrogens is 172 g/mol. The van der Waals surface area contributed by atoms with E-state index in [1.54, 1.807) is 0 Å². The first-order chi connectivity index (χ1) is 6.74. The summed E-state index contributed by atoms with van der Waals surface area (Å²) in [5, 5.41) is 2.37. The lowest BCUT2D eigenvalue weighted by Crippen LogP contribution is -1.92. The fourth-order valence-electron chi connectivity index (χ4n) is 1.90. The van der Waals surface area contributed by atoms with Gasteiger partial charge in [0, 0.05) is 5.56 Å². The summed E-state index contributed by atoms with van der Waals surface area (Å²) in [6.45, 7) is 3.97. The normalized spacial score (nSPS) is 10.4. The molecule has 1 heteroatoms. The molecule has 0 saturated heterocycles. The Bertz CT molecular complexity index is 498. The van der Waals surface area contributed by atoms with Crippen LogP contribution in [0.1, 0.15) is 21.5 Å². The van der Waals surface area contributed by atoms with Gasteiger partial charge in [0.2, 0.25) is 0 Å². The Labute approximate surface area is 83.4 Å². The van der Waals surface area contributed by atoms with Crippen molar-refractivity contribution in [3.63, 3.8) is 0 Å². The summed E-state index contributed by atoms with van der Waals surface area (Å²) >= 11 is 0. The largest absolute Gasteiger partial charge is 0.298 e. The van der Waals surface area contributed by atoms with Crippen molar-refractivity contribution in [2.45, 2.75) is 13.8 Å². The van der Waals surface area contributed by atoms with E-state index in [0.717, 1.165) is 23.0 Å². The number of rotatable bonds is 1. The highest BCUT2D eigenvalue weighted by Crippen LogP contribution is 2.23. The molecule has 0 aliphatic rings. The molecular formula is C13H12O. The van der Waals surface area contributed by atoms with Crippen molar-refractivity contribution < 1.29 is 4.79 Å². The molecule has 0 atom stereocenters. The summed E-state index contributed by atoms with van der Waals surface area (Å²) in [4.78, 5) is 10.9. The first-order valence-electron chi connectivity index (χ1n) is 4.68. The molecule has 2 aromatic rings. The molecule has 0 saturated carbocycles. The standard InChI is InChI=1S/C13H12O/c1-9-7-11-5-3-4-6-12(11)10(2)13(9)8-14/h3-8H,1-2H3. The maximum absolute atomic E-state index is 10.9. The van der Waals surface area contributed by atoms with Gasteiger partial charge in [0.1, 0.15) is 0 Å². The van der Waals surface area contributed by atoms with Gasteiger partial charge in [-0.05, 0) is 35.7 Å². The van der Waals surface area contributed by atoms with Crippen molar-refractivity contribution in [2.24, 2.45) is 0 Å². The highest BCUT2D eigenvalue weighted by molar-refractivity contribution is 5.94. The lowest BCUT2D eigenvalue weighted by atomic mass is 9.96. The average molecular weight is 184 g/mol. The maximum Gasteiger partial charge on any atom is 0.150 e. The maximum atomic E-state index is 10.9. The highest BCUT2D eigenvalue weighted by atomic mass is 16.1. The van der Waals surface area contributed by atoms with E-state index in [2.05, 4.69) is 18.2 Å². The second kappa shape index (κ2) is 3.26. The van der Waals surface area contributed by atoms with Crippen LogP contribution in [-0.4, -0.2) is 6.29 Å². The van der Waals surface area contributed by atoms with Gasteiger partial charge < -0.3 is 0 Å². The molecule has 0 bridgehead atoms. The molecule has 70 valence electrons. The molecule has 14 heavy (non-hydrogen) atoms. The number of benzene rings is 2. The molecule has 0 heterocycles. The lowest BCUT2D eigenvalue weighted by molar-refractivity contribution is 0.112. The Morgan fingerprint density at radius 2 is 1.86 bits per heavy atom. The van der Waals surface area contributed by atoms with Gasteiger partial charge >= 0.3 is 0 Å². The summed E-state index contributed by atoms with van der Waals surface area (Å²) in [5.41, 5.74) is 2.95. The van der Waals surface area contributed by atoms with Crippen LogP contribution in [0.2, 0.25) is 0 Å². The van der Waals surface area contributed by atoms with Crippen molar-refractivity contribution in [1.29, 1.82) is 0 Å². The molecule has 0 radical (unpaired) electrons. The predicted octanol–water partition coefficient (Wildman–Crippen LogP) is 3.27. The van der Waals surface area contributed by atoms with Crippen LogP contribution in [0.3, 0.4) is 0 Å². The minimum atomic E-state index is 0.823. The third kappa shape index (κ3) is 1.22. The number of aryl methyl sites for hydroxylation is 2. The third-order valence-corrected chi connectivity index (χ3v) is 2.68. The summed E-state index contributed by atoms with van der Waals surface area (Å²) in [5.74, 6) is 0. The molecule has 2 rings (SSSR count). The Balaban J connectivity index is 2.92. The summed E-state index contributed by atoms with van der Waals surface area (Å²) in [6.07, 6.45) is 0.942. The van der Waals surface area contributed by atoms with Crippen molar-refractivity contribution in [1.82, 2.24) is 0 Å². The van der Waals surface area contributed by atoms with Crippen molar-refractivity contribution in [3.8, 4) is 0 Å². The Morgan fingerprint density at radius 3 is 2.57 bits per heavy atom. The number of aldehydes is 1. The van der Waals surface area contributed by atoms with Gasteiger partial charge in [-0.3, -0.25) is 4.79 Å². The quantitative estimate of drug-likeness (QED) is 0.622. The van der Waals surface area contributed by atoms with Gasteiger partial charge in [-0.1, -0.05) is 30.3 Å². The molecule has 0 fully saturated rings. The van der Waals surface area contributed by atoms with Crippen LogP contribution in [0, 0.1) is 13.8 Å². The van der Waals surface area contributed by atoms with Crippen molar-refractivity contribution in [2.75, 3.05) is 0 Å². The molecule has 0 spiro atoms. The van der Waals surface area contributed by atoms with E-state index in [-0.39, 0.29) is 0 Å². The van der Waals surface area contributed by atoms with Gasteiger partial charge in [0.15, 0.2) is 6.29 Å². The smallest absolute Gasteiger partial charge is 0.150 e. The van der Waals surface area contributed by atoms with Crippen LogP contribution in [0.4, 0.5) is 0 Å². The first-order valence-corrected chi connectivity index (χ1v) is 4.68. The van der Waals surface area contributed by atoms with Gasteiger partial charge in [0.25, 0.3) is 0 Å². The summed E-state index contributed by atoms with van der Waals surface area (Å²) < 4.78 is 0. The number of fused-ring (bicyclic) bond motifs is 1. The monoisotopic (exact) mass is 184 g/mol. The zero-order valence-electron chi connectivity index (χ0n) is 8.37. The van der Waals surface area contributed by atoms with E-state index in [1.165, 1.54) is 10.8 Å². The van der Waals surface area contributed by atoms with Crippen LogP contribution in [-0.2, 0) is 0 Å². The molecule has 0 unspecified atom stereocenters. The van der Waals surface area contributed by atoms with Crippen LogP contribution in [0.5, 0.6) is 0 Å². The van der Waals surface area contributed by atoms with E-state index in [9.17, 15) is 4.79 Å². The molecule has 1 nitrogen and oxygen atoms in total. The van der Waals surface area contributed by atoms with E-state index < -0.39 is 0 Å². The zero-order valence-corrected chi connectivity index (χ0v) is 8.37. The molecule has 0 aromatic heterocycles. The lowest BCUT2D eigenvalue weighted by Gasteiger charge is -2.07. The predicted molar refractivity (Wildman–Crippen MR) is 58.8 cm³/mol. The fraction of sp³-hybridized carbons (Fsp3) is 0.154. The average Bonchev–Trinajstić information content (AvgIpc) is 2.18. The minimum absolute atomic E-state index is 0.823. The topological polar surface area (TPSA) is 17.1 Å². The van der Waals surface area contributed by atoms with E-state index in [1.807, 2.05) is 26.0 Å². The highest BCUT2D eigenvalue weighted by Gasteiger charge is 2.05. The number of carbonyl (C=O) groups is 1. The Kier molecular flexibility index (Phi) is 2.08. The van der Waals surface area contributed by atoms with Crippen LogP contribution in [0.25, 0.3) is 10.8 Å². The van der Waals surface area contributed by atoms with Gasteiger partial charge in [-0.25, -0.2) is 0 Å². The van der Waals surface area contributed by atoms with E-state index >= 15 is 0 Å². The first kappa shape index (κ1) is 8.95. The summed E-state index contributed by atoms with van der Waals surface area (Å²) in [6, 6.07) is 10.2. The fourth-order valence-corrected chi connectivity index (χ4v) is 1.90. The van der Waals surface area contributed by atoms with Gasteiger partial charge in [0.05, 0.1) is 0 Å². The SMILES string of the molecule is Cc1cc2ccccc2c(C)c1C=O. The molecule has 0 amide bonds. The Morgan fingerprint density at radius 1 is 1.14 bits per heavy atom.